The number of anilines is 2. The predicted octanol–water partition coefficient (Wildman–Crippen LogP) is 4.43. The maximum Gasteiger partial charge on any atom is 0.450 e. The Hall–Kier alpha value is -4.22. The lowest BCUT2D eigenvalue weighted by Gasteiger charge is -2.38. The van der Waals surface area contributed by atoms with Crippen molar-refractivity contribution < 1.29 is 37.4 Å². The second kappa shape index (κ2) is 11.7. The number of amides is 2. The second-order valence-electron chi connectivity index (χ2n) is 10.1. The first-order chi connectivity index (χ1) is 19.4. The fraction of sp³-hybridized carbons (Fsp3) is 0.414. The minimum Gasteiger partial charge on any atom is -0.481 e. The normalized spacial score (nSPS) is 19.2. The third kappa shape index (κ3) is 6.10. The van der Waals surface area contributed by atoms with Gasteiger partial charge in [0.15, 0.2) is 0 Å². The van der Waals surface area contributed by atoms with Crippen molar-refractivity contribution in [3.63, 3.8) is 0 Å². The quantitative estimate of drug-likeness (QED) is 0.406. The number of nitrogens with zero attached hydrogens (tertiary/aromatic N) is 2. The summed E-state index contributed by atoms with van der Waals surface area (Å²) in [7, 11) is 0. The van der Waals surface area contributed by atoms with Crippen LogP contribution in [0.4, 0.5) is 24.5 Å². The van der Waals surface area contributed by atoms with Crippen molar-refractivity contribution in [1.82, 2.24) is 10.2 Å². The van der Waals surface area contributed by atoms with Gasteiger partial charge in [-0.2, -0.15) is 13.2 Å². The largest absolute Gasteiger partial charge is 0.481 e. The van der Waals surface area contributed by atoms with Gasteiger partial charge in [-0.3, -0.25) is 14.4 Å². The predicted molar refractivity (Wildman–Crippen MR) is 146 cm³/mol. The first kappa shape index (κ1) is 29.8. The number of nitrogens with one attached hydrogen (secondary N) is 2. The van der Waals surface area contributed by atoms with E-state index >= 15 is 0 Å². The molecule has 2 amide bonds. The molecule has 3 N–H and O–H groups in total. The van der Waals surface area contributed by atoms with Crippen LogP contribution in [0.2, 0.25) is 0 Å². The van der Waals surface area contributed by atoms with E-state index in [4.69, 9.17) is 4.74 Å². The molecule has 0 radical (unpaired) electrons. The average Bonchev–Trinajstić information content (AvgIpc) is 3.45. The van der Waals surface area contributed by atoms with Crippen LogP contribution in [0, 0.1) is 5.41 Å². The standard InChI is InChI=1S/C29H33F3N4O5/c1-3-27(4-2,26(39)40)18-24(37)36-16-14-35(15-17-36)22-12-10-21(11-13-22)34-25(38)28(20-8-6-5-7-9-20)33-19-23(41-28)29(30,31)32/h5-13,19,33H,3-4,14-18H2,1-2H3,(H,34,38)(H,39,40). The number of hydrogen-bond acceptors (Lipinski definition) is 6. The fourth-order valence-electron chi connectivity index (χ4n) is 5.06. The Kier molecular flexibility index (Phi) is 8.50. The monoisotopic (exact) mass is 574 g/mol. The molecule has 1 fully saturated rings. The number of carbonyl (C=O) groups is 3. The van der Waals surface area contributed by atoms with Gasteiger partial charge in [-0.1, -0.05) is 44.2 Å². The van der Waals surface area contributed by atoms with E-state index in [9.17, 15) is 32.7 Å². The van der Waals surface area contributed by atoms with Gasteiger partial charge in [0.05, 0.1) is 5.41 Å². The van der Waals surface area contributed by atoms with Crippen LogP contribution in [0.3, 0.4) is 0 Å². The Labute approximate surface area is 235 Å². The zero-order valence-electron chi connectivity index (χ0n) is 22.8. The Morgan fingerprint density at radius 2 is 1.59 bits per heavy atom. The van der Waals surface area contributed by atoms with Crippen LogP contribution in [-0.2, 0) is 24.8 Å². The summed E-state index contributed by atoms with van der Waals surface area (Å²) in [5.41, 5.74) is -1.75. The van der Waals surface area contributed by atoms with Gasteiger partial charge >= 0.3 is 12.1 Å². The molecule has 0 spiro atoms. The molecule has 1 unspecified atom stereocenters. The first-order valence-electron chi connectivity index (χ1n) is 13.4. The number of carbonyl (C=O) groups excluding carboxylic acids is 2. The van der Waals surface area contributed by atoms with Crippen molar-refractivity contribution in [3.8, 4) is 0 Å². The summed E-state index contributed by atoms with van der Waals surface area (Å²) in [6, 6.07) is 14.7. The number of rotatable bonds is 9. The molecule has 0 aliphatic carbocycles. The molecule has 9 nitrogen and oxygen atoms in total. The number of ether oxygens (including phenoxy) is 1. The summed E-state index contributed by atoms with van der Waals surface area (Å²) in [6.45, 7) is 5.52. The SMILES string of the molecule is CCC(CC)(CC(=O)N1CCN(c2ccc(NC(=O)C3(c4ccccc4)NC=C(C(F)(F)F)O3)cc2)CC1)C(=O)O. The van der Waals surface area contributed by atoms with Crippen molar-refractivity contribution in [1.29, 1.82) is 0 Å². The van der Waals surface area contributed by atoms with E-state index in [0.29, 0.717) is 50.9 Å². The Bertz CT molecular complexity index is 1290. The Balaban J connectivity index is 1.39. The van der Waals surface area contributed by atoms with Crippen LogP contribution in [0.15, 0.2) is 66.6 Å². The molecule has 2 aromatic carbocycles. The lowest BCUT2D eigenvalue weighted by Crippen LogP contribution is -2.50. The van der Waals surface area contributed by atoms with Gasteiger partial charge in [-0.05, 0) is 37.1 Å². The lowest BCUT2D eigenvalue weighted by atomic mass is 9.79. The molecule has 0 bridgehead atoms. The Morgan fingerprint density at radius 3 is 2.10 bits per heavy atom. The van der Waals surface area contributed by atoms with Gasteiger partial charge in [0, 0.05) is 55.7 Å². The number of halogens is 3. The van der Waals surface area contributed by atoms with Crippen molar-refractivity contribution >= 4 is 29.2 Å². The molecular formula is C29H33F3N4O5. The number of alkyl halides is 3. The van der Waals surface area contributed by atoms with E-state index in [2.05, 4.69) is 15.5 Å². The summed E-state index contributed by atoms with van der Waals surface area (Å²) in [5, 5.41) is 14.8. The van der Waals surface area contributed by atoms with Crippen molar-refractivity contribution in [2.24, 2.45) is 5.41 Å². The van der Waals surface area contributed by atoms with Gasteiger partial charge < -0.3 is 30.3 Å². The van der Waals surface area contributed by atoms with Crippen LogP contribution in [-0.4, -0.2) is 60.1 Å². The number of benzene rings is 2. The molecule has 0 aromatic heterocycles. The van der Waals surface area contributed by atoms with E-state index in [1.807, 2.05) is 0 Å². The molecule has 41 heavy (non-hydrogen) atoms. The summed E-state index contributed by atoms with van der Waals surface area (Å²) in [4.78, 5) is 41.7. The molecular weight excluding hydrogens is 541 g/mol. The highest BCUT2D eigenvalue weighted by Crippen LogP contribution is 2.39. The van der Waals surface area contributed by atoms with Crippen molar-refractivity contribution in [3.05, 3.63) is 72.1 Å². The minimum absolute atomic E-state index is 0.0350. The van der Waals surface area contributed by atoms with Crippen LogP contribution in [0.25, 0.3) is 0 Å². The number of piperazine rings is 1. The Morgan fingerprint density at radius 1 is 0.976 bits per heavy atom. The van der Waals surface area contributed by atoms with Crippen molar-refractivity contribution in [2.45, 2.75) is 45.0 Å². The third-order valence-corrected chi connectivity index (χ3v) is 7.87. The average molecular weight is 575 g/mol. The zero-order chi connectivity index (χ0) is 29.8. The topological polar surface area (TPSA) is 111 Å². The molecule has 2 aliphatic heterocycles. The summed E-state index contributed by atoms with van der Waals surface area (Å²) >= 11 is 0. The summed E-state index contributed by atoms with van der Waals surface area (Å²) in [5.74, 6) is -3.26. The van der Waals surface area contributed by atoms with Crippen LogP contribution < -0.4 is 15.5 Å². The smallest absolute Gasteiger partial charge is 0.450 e. The highest BCUT2D eigenvalue weighted by atomic mass is 19.4. The number of carboxylic acid groups (broad SMARTS) is 1. The first-order valence-corrected chi connectivity index (χ1v) is 13.4. The van der Waals surface area contributed by atoms with Gasteiger partial charge in [0.25, 0.3) is 11.6 Å². The molecule has 1 atom stereocenters. The highest BCUT2D eigenvalue weighted by molar-refractivity contribution is 5.98. The molecule has 2 aromatic rings. The van der Waals surface area contributed by atoms with Crippen LogP contribution in [0.5, 0.6) is 0 Å². The second-order valence-corrected chi connectivity index (χ2v) is 10.1. The molecule has 1 saturated heterocycles. The fourth-order valence-corrected chi connectivity index (χ4v) is 5.06. The van der Waals surface area contributed by atoms with Crippen LogP contribution in [0.1, 0.15) is 38.7 Å². The van der Waals surface area contributed by atoms with Gasteiger partial charge in [0.1, 0.15) is 0 Å². The molecule has 0 saturated carbocycles. The van der Waals surface area contributed by atoms with E-state index in [0.717, 1.165) is 5.69 Å². The lowest BCUT2D eigenvalue weighted by molar-refractivity contribution is -0.163. The molecule has 2 heterocycles. The zero-order valence-corrected chi connectivity index (χ0v) is 22.8. The van der Waals surface area contributed by atoms with E-state index in [1.54, 1.807) is 61.2 Å². The van der Waals surface area contributed by atoms with Gasteiger partial charge in [-0.25, -0.2) is 0 Å². The number of carboxylic acids is 1. The number of hydrogen-bond donors (Lipinski definition) is 3. The van der Waals surface area contributed by atoms with E-state index in [-0.39, 0.29) is 17.9 Å². The third-order valence-electron chi connectivity index (χ3n) is 7.87. The number of aliphatic carboxylic acids is 1. The highest BCUT2D eigenvalue weighted by Gasteiger charge is 2.52. The minimum atomic E-state index is -4.77. The summed E-state index contributed by atoms with van der Waals surface area (Å²) in [6.07, 6.45) is -3.41. The molecule has 220 valence electrons. The molecule has 4 rings (SSSR count). The molecule has 12 heteroatoms. The summed E-state index contributed by atoms with van der Waals surface area (Å²) < 4.78 is 45.1. The number of allylic oxidation sites excluding steroid dienone is 1. The maximum atomic E-state index is 13.3. The molecule has 2 aliphatic rings. The maximum absolute atomic E-state index is 13.3. The van der Waals surface area contributed by atoms with E-state index in [1.165, 1.54) is 12.1 Å². The van der Waals surface area contributed by atoms with Gasteiger partial charge in [-0.15, -0.1) is 0 Å². The van der Waals surface area contributed by atoms with Crippen LogP contribution >= 0.6 is 0 Å². The van der Waals surface area contributed by atoms with Gasteiger partial charge in [0.2, 0.25) is 11.7 Å². The van der Waals surface area contributed by atoms with Crippen molar-refractivity contribution in [2.75, 3.05) is 36.4 Å². The van der Waals surface area contributed by atoms with E-state index < -0.39 is 35.0 Å².